The molecule has 68 valence electrons. The van der Waals surface area contributed by atoms with Gasteiger partial charge in [-0.1, -0.05) is 6.42 Å². The first-order valence-corrected chi connectivity index (χ1v) is 4.57. The molecule has 0 heterocycles. The lowest BCUT2D eigenvalue weighted by atomic mass is 9.74. The van der Waals surface area contributed by atoms with Gasteiger partial charge in [-0.25, -0.2) is 0 Å². The molecule has 0 saturated heterocycles. The molecule has 0 radical (unpaired) electrons. The van der Waals surface area contributed by atoms with E-state index in [4.69, 9.17) is 0 Å². The summed E-state index contributed by atoms with van der Waals surface area (Å²) in [6, 6.07) is 0. The Morgan fingerprint density at radius 3 is 2.42 bits per heavy atom. The number of carbonyl (C=O) groups excluding carboxylic acids is 1. The van der Waals surface area contributed by atoms with Gasteiger partial charge < -0.3 is 10.2 Å². The van der Waals surface area contributed by atoms with Gasteiger partial charge in [0.05, 0.1) is 0 Å². The quantitative estimate of drug-likeness (QED) is 0.552. The smallest absolute Gasteiger partial charge is 0.167 e. The average molecular weight is 170 g/mol. The fourth-order valence-electron chi connectivity index (χ4n) is 2.50. The average Bonchev–Trinajstić information content (AvgIpc) is 2.28. The van der Waals surface area contributed by atoms with Crippen LogP contribution in [0.4, 0.5) is 0 Å². The fraction of sp³-hybridized carbons (Fsp3) is 0.889. The molecule has 12 heavy (non-hydrogen) atoms. The molecule has 2 saturated carbocycles. The highest BCUT2D eigenvalue weighted by atomic mass is 16.4. The lowest BCUT2D eigenvalue weighted by Crippen LogP contribution is -2.55. The monoisotopic (exact) mass is 170 g/mol. The Bertz CT molecular complexity index is 226. The maximum atomic E-state index is 11.3. The minimum absolute atomic E-state index is 0.162. The van der Waals surface area contributed by atoms with Crippen LogP contribution in [-0.4, -0.2) is 27.2 Å². The molecule has 3 heteroatoms. The van der Waals surface area contributed by atoms with Crippen LogP contribution in [0.1, 0.15) is 38.5 Å². The van der Waals surface area contributed by atoms with Gasteiger partial charge in [0, 0.05) is 6.42 Å². The molecule has 2 unspecified atom stereocenters. The van der Waals surface area contributed by atoms with E-state index in [0.29, 0.717) is 25.7 Å². The minimum atomic E-state index is -1.40. The van der Waals surface area contributed by atoms with Crippen LogP contribution >= 0.6 is 0 Å². The summed E-state index contributed by atoms with van der Waals surface area (Å²) in [6.07, 6.45) is 3.59. The Labute approximate surface area is 71.4 Å². The number of aliphatic hydroxyl groups is 2. The van der Waals surface area contributed by atoms with E-state index in [0.717, 1.165) is 12.8 Å². The summed E-state index contributed by atoms with van der Waals surface area (Å²) < 4.78 is 0. The molecule has 2 aliphatic rings. The first-order valence-electron chi connectivity index (χ1n) is 4.57. The summed E-state index contributed by atoms with van der Waals surface area (Å²) in [6.45, 7) is 0. The van der Waals surface area contributed by atoms with Crippen LogP contribution in [0.2, 0.25) is 0 Å². The molecule has 2 N–H and O–H groups in total. The van der Waals surface area contributed by atoms with Crippen LogP contribution in [0.15, 0.2) is 0 Å². The van der Waals surface area contributed by atoms with E-state index in [1.165, 1.54) is 0 Å². The molecular weight excluding hydrogens is 156 g/mol. The predicted octanol–water partition coefficient (Wildman–Crippen LogP) is 0.386. The topological polar surface area (TPSA) is 57.5 Å². The van der Waals surface area contributed by atoms with Gasteiger partial charge in [0.1, 0.15) is 5.60 Å². The van der Waals surface area contributed by atoms with Gasteiger partial charge in [-0.2, -0.15) is 0 Å². The van der Waals surface area contributed by atoms with Gasteiger partial charge >= 0.3 is 0 Å². The first-order chi connectivity index (χ1) is 5.58. The molecule has 2 atom stereocenters. The summed E-state index contributed by atoms with van der Waals surface area (Å²) in [7, 11) is 0. The zero-order chi connectivity index (χ0) is 8.82. The normalized spacial score (nSPS) is 47.7. The van der Waals surface area contributed by atoms with Crippen LogP contribution in [0.25, 0.3) is 0 Å². The second-order valence-corrected chi connectivity index (χ2v) is 4.02. The van der Waals surface area contributed by atoms with Crippen LogP contribution in [0.5, 0.6) is 0 Å². The zero-order valence-electron chi connectivity index (χ0n) is 7.05. The highest BCUT2D eigenvalue weighted by Crippen LogP contribution is 2.46. The summed E-state index contributed by atoms with van der Waals surface area (Å²) in [5, 5.41) is 19.9. The molecule has 2 aliphatic carbocycles. The predicted molar refractivity (Wildman–Crippen MR) is 42.6 cm³/mol. The van der Waals surface area contributed by atoms with Crippen molar-refractivity contribution in [3.63, 3.8) is 0 Å². The Balaban J connectivity index is 2.35. The third-order valence-corrected chi connectivity index (χ3v) is 3.38. The molecule has 0 spiro atoms. The highest BCUT2D eigenvalue weighted by molar-refractivity contribution is 5.91. The Hall–Kier alpha value is -0.410. The first kappa shape index (κ1) is 8.20. The second kappa shape index (κ2) is 2.30. The van der Waals surface area contributed by atoms with Crippen LogP contribution in [0, 0.1) is 0 Å². The van der Waals surface area contributed by atoms with Crippen LogP contribution in [0.3, 0.4) is 0 Å². The molecule has 3 nitrogen and oxygen atoms in total. The van der Waals surface area contributed by atoms with Crippen molar-refractivity contribution in [3.8, 4) is 0 Å². The van der Waals surface area contributed by atoms with E-state index < -0.39 is 11.2 Å². The maximum absolute atomic E-state index is 11.3. The van der Waals surface area contributed by atoms with Crippen molar-refractivity contribution < 1.29 is 15.0 Å². The van der Waals surface area contributed by atoms with Gasteiger partial charge in [-0.15, -0.1) is 0 Å². The van der Waals surface area contributed by atoms with Crippen molar-refractivity contribution >= 4 is 5.78 Å². The highest BCUT2D eigenvalue weighted by Gasteiger charge is 2.59. The Morgan fingerprint density at radius 1 is 1.08 bits per heavy atom. The zero-order valence-corrected chi connectivity index (χ0v) is 7.05. The molecule has 0 aliphatic heterocycles. The number of Topliss-reactive ketones (excluding diaryl/α,β-unsaturated/α-hetero) is 1. The van der Waals surface area contributed by atoms with E-state index in [1.54, 1.807) is 0 Å². The van der Waals surface area contributed by atoms with Crippen molar-refractivity contribution in [1.29, 1.82) is 0 Å². The third-order valence-electron chi connectivity index (χ3n) is 3.38. The summed E-state index contributed by atoms with van der Waals surface area (Å²) in [5.41, 5.74) is -2.49. The standard InChI is InChI=1S/C9H14O3/c10-7-3-6-8(11)4-1-2-5-9(7,8)12/h11-12H,1-6H2. The molecular formula is C9H14O3. The van der Waals surface area contributed by atoms with Gasteiger partial charge in [0.15, 0.2) is 11.4 Å². The fourth-order valence-corrected chi connectivity index (χ4v) is 2.50. The second-order valence-electron chi connectivity index (χ2n) is 4.02. The van der Waals surface area contributed by atoms with Gasteiger partial charge in [0.2, 0.25) is 0 Å². The molecule has 0 aromatic carbocycles. The van der Waals surface area contributed by atoms with E-state index in [-0.39, 0.29) is 5.78 Å². The van der Waals surface area contributed by atoms with E-state index in [9.17, 15) is 15.0 Å². The molecule has 2 rings (SSSR count). The van der Waals surface area contributed by atoms with Gasteiger partial charge in [0.25, 0.3) is 0 Å². The summed E-state index contributed by atoms with van der Waals surface area (Å²) in [4.78, 5) is 11.3. The van der Waals surface area contributed by atoms with Crippen LogP contribution < -0.4 is 0 Å². The van der Waals surface area contributed by atoms with Crippen molar-refractivity contribution in [2.75, 3.05) is 0 Å². The van der Waals surface area contributed by atoms with Gasteiger partial charge in [-0.3, -0.25) is 4.79 Å². The van der Waals surface area contributed by atoms with Crippen molar-refractivity contribution in [2.24, 2.45) is 0 Å². The molecule has 0 aromatic rings. The number of hydrogen-bond acceptors (Lipinski definition) is 3. The SMILES string of the molecule is O=C1CCC2(O)CCCCC12O. The third kappa shape index (κ3) is 0.808. The summed E-state index contributed by atoms with van der Waals surface area (Å²) >= 11 is 0. The van der Waals surface area contributed by atoms with E-state index in [2.05, 4.69) is 0 Å². The van der Waals surface area contributed by atoms with Crippen molar-refractivity contribution in [3.05, 3.63) is 0 Å². The van der Waals surface area contributed by atoms with Crippen molar-refractivity contribution in [1.82, 2.24) is 0 Å². The number of ketones is 1. The van der Waals surface area contributed by atoms with E-state index in [1.807, 2.05) is 0 Å². The molecule has 0 amide bonds. The lowest BCUT2D eigenvalue weighted by Gasteiger charge is -2.40. The van der Waals surface area contributed by atoms with Crippen molar-refractivity contribution in [2.45, 2.75) is 49.7 Å². The van der Waals surface area contributed by atoms with Gasteiger partial charge in [-0.05, 0) is 25.7 Å². The number of fused-ring (bicyclic) bond motifs is 1. The minimum Gasteiger partial charge on any atom is -0.386 e. The summed E-state index contributed by atoms with van der Waals surface area (Å²) in [5.74, 6) is -0.162. The van der Waals surface area contributed by atoms with E-state index >= 15 is 0 Å². The largest absolute Gasteiger partial charge is 0.386 e. The molecule has 2 fully saturated rings. The number of hydrogen-bond donors (Lipinski definition) is 2. The lowest BCUT2D eigenvalue weighted by molar-refractivity contribution is -0.169. The Kier molecular flexibility index (Phi) is 1.57. The van der Waals surface area contributed by atoms with Crippen LogP contribution in [-0.2, 0) is 4.79 Å². The number of rotatable bonds is 0. The molecule has 0 aromatic heterocycles. The number of carbonyl (C=O) groups is 1. The maximum Gasteiger partial charge on any atom is 0.167 e. The Morgan fingerprint density at radius 2 is 1.75 bits per heavy atom. The molecule has 0 bridgehead atoms.